The van der Waals surface area contributed by atoms with Crippen LogP contribution in [-0.4, -0.2) is 23.3 Å². The lowest BCUT2D eigenvalue weighted by Crippen LogP contribution is -2.23. The van der Waals surface area contributed by atoms with Crippen LogP contribution in [0, 0.1) is 0 Å². The van der Waals surface area contributed by atoms with Crippen LogP contribution in [0.15, 0.2) is 73.1 Å². The fourth-order valence-corrected chi connectivity index (χ4v) is 3.23. The van der Waals surface area contributed by atoms with Gasteiger partial charge in [0.1, 0.15) is 12.4 Å². The van der Waals surface area contributed by atoms with Gasteiger partial charge in [0.15, 0.2) is 0 Å². The van der Waals surface area contributed by atoms with Gasteiger partial charge in [-0.25, -0.2) is 0 Å². The van der Waals surface area contributed by atoms with Crippen LogP contribution in [0.4, 0.5) is 11.4 Å². The van der Waals surface area contributed by atoms with E-state index in [1.54, 1.807) is 35.5 Å². The van der Waals surface area contributed by atoms with Gasteiger partial charge in [-0.1, -0.05) is 12.1 Å². The highest BCUT2D eigenvalue weighted by Gasteiger charge is 2.21. The lowest BCUT2D eigenvalue weighted by Gasteiger charge is -2.16. The third-order valence-corrected chi connectivity index (χ3v) is 4.73. The van der Waals surface area contributed by atoms with Gasteiger partial charge in [-0.15, -0.1) is 0 Å². The van der Waals surface area contributed by atoms with Crippen molar-refractivity contribution in [3.63, 3.8) is 0 Å². The smallest absolute Gasteiger partial charge is 0.255 e. The van der Waals surface area contributed by atoms with E-state index in [0.717, 1.165) is 24.2 Å². The highest BCUT2D eigenvalue weighted by molar-refractivity contribution is 6.05. The van der Waals surface area contributed by atoms with E-state index in [4.69, 9.17) is 4.74 Å². The Balaban J connectivity index is 1.38. The predicted molar refractivity (Wildman–Crippen MR) is 111 cm³/mol. The van der Waals surface area contributed by atoms with Crippen LogP contribution in [0.3, 0.4) is 0 Å². The van der Waals surface area contributed by atoms with Gasteiger partial charge in [0.05, 0.1) is 0 Å². The molecule has 146 valence electrons. The molecule has 3 aromatic rings. The molecule has 6 nitrogen and oxygen atoms in total. The van der Waals surface area contributed by atoms with Crippen LogP contribution < -0.4 is 15.0 Å². The van der Waals surface area contributed by atoms with Crippen molar-refractivity contribution in [2.45, 2.75) is 19.4 Å². The highest BCUT2D eigenvalue weighted by Crippen LogP contribution is 2.23. The highest BCUT2D eigenvalue weighted by atomic mass is 16.5. The Bertz CT molecular complexity index is 1000. The van der Waals surface area contributed by atoms with Crippen molar-refractivity contribution < 1.29 is 14.3 Å². The second kappa shape index (κ2) is 8.56. The first-order valence-corrected chi connectivity index (χ1v) is 9.52. The van der Waals surface area contributed by atoms with E-state index in [2.05, 4.69) is 10.3 Å². The molecule has 1 aromatic heterocycles. The molecule has 1 fully saturated rings. The topological polar surface area (TPSA) is 71.5 Å². The fourth-order valence-electron chi connectivity index (χ4n) is 3.23. The number of carbonyl (C=O) groups is 2. The lowest BCUT2D eigenvalue weighted by molar-refractivity contribution is -0.117. The van der Waals surface area contributed by atoms with E-state index in [-0.39, 0.29) is 11.8 Å². The Morgan fingerprint density at radius 1 is 1.10 bits per heavy atom. The third kappa shape index (κ3) is 4.60. The number of aromatic nitrogens is 1. The molecule has 2 heterocycles. The van der Waals surface area contributed by atoms with E-state index in [9.17, 15) is 9.59 Å². The van der Waals surface area contributed by atoms with Crippen molar-refractivity contribution in [1.29, 1.82) is 0 Å². The number of anilines is 2. The van der Waals surface area contributed by atoms with Crippen molar-refractivity contribution in [3.05, 3.63) is 84.2 Å². The van der Waals surface area contributed by atoms with Crippen LogP contribution in [-0.2, 0) is 11.4 Å². The van der Waals surface area contributed by atoms with Crippen LogP contribution in [0.1, 0.15) is 28.8 Å². The number of ether oxygens (including phenoxy) is 1. The van der Waals surface area contributed by atoms with Crippen LogP contribution in [0.2, 0.25) is 0 Å². The molecule has 0 radical (unpaired) electrons. The summed E-state index contributed by atoms with van der Waals surface area (Å²) in [6.07, 6.45) is 4.93. The van der Waals surface area contributed by atoms with Crippen molar-refractivity contribution >= 4 is 23.2 Å². The lowest BCUT2D eigenvalue weighted by atomic mass is 10.1. The second-order valence-corrected chi connectivity index (χ2v) is 6.83. The number of hydrogen-bond acceptors (Lipinski definition) is 4. The molecule has 2 aromatic carbocycles. The Morgan fingerprint density at radius 2 is 1.97 bits per heavy atom. The largest absolute Gasteiger partial charge is 0.489 e. The summed E-state index contributed by atoms with van der Waals surface area (Å²) >= 11 is 0. The van der Waals surface area contributed by atoms with Gasteiger partial charge in [0.25, 0.3) is 5.91 Å². The van der Waals surface area contributed by atoms with Crippen molar-refractivity contribution in [2.24, 2.45) is 0 Å². The van der Waals surface area contributed by atoms with Crippen molar-refractivity contribution in [3.8, 4) is 5.75 Å². The molecule has 1 aliphatic rings. The molecule has 0 unspecified atom stereocenters. The summed E-state index contributed by atoms with van der Waals surface area (Å²) in [5.41, 5.74) is 2.98. The molecule has 2 amide bonds. The van der Waals surface area contributed by atoms with Gasteiger partial charge in [0, 0.05) is 53.9 Å². The number of hydrogen-bond donors (Lipinski definition) is 1. The number of nitrogens with zero attached hydrogens (tertiary/aromatic N) is 2. The number of pyridine rings is 1. The third-order valence-electron chi connectivity index (χ3n) is 4.73. The van der Waals surface area contributed by atoms with Crippen LogP contribution >= 0.6 is 0 Å². The van der Waals surface area contributed by atoms with E-state index in [1.807, 2.05) is 42.5 Å². The standard InChI is InChI=1S/C23H21N3O3/c27-22-7-3-13-26(22)20-10-8-18(9-11-20)23(28)25-19-5-1-6-21(14-19)29-16-17-4-2-12-24-15-17/h1-2,4-6,8-12,14-15H,3,7,13,16H2,(H,25,28). The molecule has 1 aliphatic heterocycles. The van der Waals surface area contributed by atoms with Crippen molar-refractivity contribution in [1.82, 2.24) is 4.98 Å². The molecular formula is C23H21N3O3. The number of rotatable bonds is 6. The maximum Gasteiger partial charge on any atom is 0.255 e. The monoisotopic (exact) mass is 387 g/mol. The molecule has 29 heavy (non-hydrogen) atoms. The average Bonchev–Trinajstić information content (AvgIpc) is 3.19. The molecule has 4 rings (SSSR count). The molecule has 0 bridgehead atoms. The zero-order valence-corrected chi connectivity index (χ0v) is 15.9. The minimum absolute atomic E-state index is 0.130. The molecule has 1 saturated heterocycles. The minimum Gasteiger partial charge on any atom is -0.489 e. The fraction of sp³-hybridized carbons (Fsp3) is 0.174. The summed E-state index contributed by atoms with van der Waals surface area (Å²) in [7, 11) is 0. The number of carbonyl (C=O) groups excluding carboxylic acids is 2. The van der Waals surface area contributed by atoms with Gasteiger partial charge < -0.3 is 15.0 Å². The molecule has 0 saturated carbocycles. The maximum absolute atomic E-state index is 12.6. The summed E-state index contributed by atoms with van der Waals surface area (Å²) < 4.78 is 5.77. The summed E-state index contributed by atoms with van der Waals surface area (Å²) in [5.74, 6) is 0.577. The SMILES string of the molecule is O=C(Nc1cccc(OCc2cccnc2)c1)c1ccc(N2CCCC2=O)cc1. The molecule has 1 N–H and O–H groups in total. The molecular weight excluding hydrogens is 366 g/mol. The second-order valence-electron chi connectivity index (χ2n) is 6.83. The van der Waals surface area contributed by atoms with Gasteiger partial charge in [-0.2, -0.15) is 0 Å². The average molecular weight is 387 g/mol. The molecule has 6 heteroatoms. The number of benzene rings is 2. The summed E-state index contributed by atoms with van der Waals surface area (Å²) in [4.78, 5) is 30.2. The molecule has 0 aliphatic carbocycles. The van der Waals surface area contributed by atoms with Gasteiger partial charge in [0.2, 0.25) is 5.91 Å². The van der Waals surface area contributed by atoms with Crippen molar-refractivity contribution in [2.75, 3.05) is 16.8 Å². The summed E-state index contributed by atoms with van der Waals surface area (Å²) in [5, 5.41) is 2.88. The predicted octanol–water partition coefficient (Wildman–Crippen LogP) is 4.04. The van der Waals surface area contributed by atoms with Gasteiger partial charge in [-0.05, 0) is 48.9 Å². The Morgan fingerprint density at radius 3 is 2.69 bits per heavy atom. The first kappa shape index (κ1) is 18.7. The minimum atomic E-state index is -0.214. The zero-order chi connectivity index (χ0) is 20.1. The van der Waals surface area contributed by atoms with Crippen LogP contribution in [0.25, 0.3) is 0 Å². The van der Waals surface area contributed by atoms with Gasteiger partial charge >= 0.3 is 0 Å². The Labute approximate surface area is 169 Å². The first-order chi connectivity index (χ1) is 14.2. The maximum atomic E-state index is 12.6. The van der Waals surface area contributed by atoms with E-state index in [1.165, 1.54) is 0 Å². The normalized spacial score (nSPS) is 13.4. The van der Waals surface area contributed by atoms with E-state index in [0.29, 0.717) is 30.0 Å². The summed E-state index contributed by atoms with van der Waals surface area (Å²) in [6.45, 7) is 1.14. The number of amides is 2. The number of nitrogens with one attached hydrogen (secondary N) is 1. The summed E-state index contributed by atoms with van der Waals surface area (Å²) in [6, 6.07) is 18.2. The van der Waals surface area contributed by atoms with Crippen LogP contribution in [0.5, 0.6) is 5.75 Å². The van der Waals surface area contributed by atoms with Gasteiger partial charge in [-0.3, -0.25) is 14.6 Å². The van der Waals surface area contributed by atoms with E-state index >= 15 is 0 Å². The quantitative estimate of drug-likeness (QED) is 0.693. The Hall–Kier alpha value is -3.67. The first-order valence-electron chi connectivity index (χ1n) is 9.52. The molecule has 0 atom stereocenters. The zero-order valence-electron chi connectivity index (χ0n) is 15.9. The molecule has 0 spiro atoms. The van der Waals surface area contributed by atoms with E-state index < -0.39 is 0 Å². The Kier molecular flexibility index (Phi) is 5.52.